The van der Waals surface area contributed by atoms with E-state index in [2.05, 4.69) is 20.8 Å². The van der Waals surface area contributed by atoms with Gasteiger partial charge in [-0.1, -0.05) is 0 Å². The average molecular weight is 403 g/mol. The van der Waals surface area contributed by atoms with Crippen LogP contribution in [0.1, 0.15) is 59.3 Å². The first-order valence-corrected chi connectivity index (χ1v) is 16.0. The molecular weight excluding hydrogens is 373 g/mol. The van der Waals surface area contributed by atoms with E-state index in [1.807, 2.05) is 0 Å². The predicted molar refractivity (Wildman–Crippen MR) is 90.9 cm³/mol. The summed E-state index contributed by atoms with van der Waals surface area (Å²) in [5.41, 5.74) is 0. The molecule has 0 heterocycles. The fourth-order valence-corrected chi connectivity index (χ4v) is 19.8. The van der Waals surface area contributed by atoms with Crippen LogP contribution >= 0.6 is 0 Å². The summed E-state index contributed by atoms with van der Waals surface area (Å²) in [5.74, 6) is -0.539. The van der Waals surface area contributed by atoms with E-state index in [1.54, 1.807) is 0 Å². The molecule has 0 aliphatic carbocycles. The zero-order valence-corrected chi connectivity index (χ0v) is 16.7. The third-order valence-corrected chi connectivity index (χ3v) is 20.1. The van der Waals surface area contributed by atoms with Crippen molar-refractivity contribution >= 4 is 22.0 Å². The molecule has 21 heavy (non-hydrogen) atoms. The Kier molecular flexibility index (Phi) is 8.84. The molecule has 0 aromatic heterocycles. The first-order valence-electron chi connectivity index (χ1n) is 8.55. The molecule has 1 aromatic rings. The van der Waals surface area contributed by atoms with Gasteiger partial charge in [0.1, 0.15) is 0 Å². The quantitative estimate of drug-likeness (QED) is 0.419. The Morgan fingerprint density at radius 1 is 0.762 bits per heavy atom. The third kappa shape index (κ3) is 5.22. The number of unbranched alkanes of at least 4 members (excludes halogenated alkanes) is 3. The van der Waals surface area contributed by atoms with Crippen LogP contribution in [0.15, 0.2) is 18.2 Å². The second-order valence-electron chi connectivity index (χ2n) is 6.19. The molecule has 3 heteroatoms. The summed E-state index contributed by atoms with van der Waals surface area (Å²) in [5, 5.41) is 0. The molecule has 1 aromatic carbocycles. The van der Waals surface area contributed by atoms with Gasteiger partial charge < -0.3 is 0 Å². The van der Waals surface area contributed by atoms with Crippen LogP contribution in [0.4, 0.5) is 8.78 Å². The zero-order valence-electron chi connectivity index (χ0n) is 13.9. The molecule has 0 aliphatic heterocycles. The SMILES string of the molecule is CCC[CH2][Sn]([CH2]CCC)([CH2]CCC)[c]1c(F)cccc1F. The van der Waals surface area contributed by atoms with Crippen LogP contribution in [-0.2, 0) is 0 Å². The summed E-state index contributed by atoms with van der Waals surface area (Å²) in [4.78, 5) is 0. The Hall–Kier alpha value is -0.121. The van der Waals surface area contributed by atoms with Gasteiger partial charge in [-0.25, -0.2) is 0 Å². The maximum atomic E-state index is 14.4. The molecule has 0 radical (unpaired) electrons. The fraction of sp³-hybridized carbons (Fsp3) is 0.667. The van der Waals surface area contributed by atoms with Crippen molar-refractivity contribution < 1.29 is 8.78 Å². The van der Waals surface area contributed by atoms with Gasteiger partial charge in [0.15, 0.2) is 0 Å². The number of halogens is 2. The van der Waals surface area contributed by atoms with Crippen LogP contribution in [0.25, 0.3) is 0 Å². The molecule has 0 N–H and O–H groups in total. The second-order valence-corrected chi connectivity index (χ2v) is 19.2. The van der Waals surface area contributed by atoms with E-state index >= 15 is 0 Å². The predicted octanol–water partition coefficient (Wildman–Crippen LogP) is 6.02. The van der Waals surface area contributed by atoms with E-state index in [4.69, 9.17) is 0 Å². The monoisotopic (exact) mass is 404 g/mol. The molecule has 0 spiro atoms. The van der Waals surface area contributed by atoms with Crippen molar-refractivity contribution in [2.24, 2.45) is 0 Å². The summed E-state index contributed by atoms with van der Waals surface area (Å²) >= 11 is -2.97. The summed E-state index contributed by atoms with van der Waals surface area (Å²) < 4.78 is 32.7. The van der Waals surface area contributed by atoms with Gasteiger partial charge in [-0.2, -0.15) is 0 Å². The van der Waals surface area contributed by atoms with Crippen LogP contribution < -0.4 is 3.58 Å². The summed E-state index contributed by atoms with van der Waals surface area (Å²) in [7, 11) is 0. The van der Waals surface area contributed by atoms with Gasteiger partial charge in [0.05, 0.1) is 0 Å². The number of rotatable bonds is 10. The van der Waals surface area contributed by atoms with Crippen molar-refractivity contribution in [3.05, 3.63) is 29.8 Å². The Labute approximate surface area is 133 Å². The molecule has 0 nitrogen and oxygen atoms in total. The molecule has 0 saturated heterocycles. The van der Waals surface area contributed by atoms with Gasteiger partial charge in [-0.3, -0.25) is 0 Å². The van der Waals surface area contributed by atoms with Crippen molar-refractivity contribution in [1.82, 2.24) is 0 Å². The molecule has 0 atom stereocenters. The molecule has 0 fully saturated rings. The molecular formula is C18H30F2Sn. The van der Waals surface area contributed by atoms with Gasteiger partial charge in [0.2, 0.25) is 0 Å². The topological polar surface area (TPSA) is 0 Å². The minimum absolute atomic E-state index is 0.269. The van der Waals surface area contributed by atoms with Gasteiger partial charge in [0, 0.05) is 0 Å². The molecule has 1 rings (SSSR count). The van der Waals surface area contributed by atoms with Crippen LogP contribution in [0.2, 0.25) is 13.3 Å². The summed E-state index contributed by atoms with van der Waals surface area (Å²) in [6.07, 6.45) is 6.72. The Bertz CT molecular complexity index is 376. The first-order chi connectivity index (χ1) is 10.1. The van der Waals surface area contributed by atoms with Crippen molar-refractivity contribution in [3.8, 4) is 0 Å². The van der Waals surface area contributed by atoms with Crippen molar-refractivity contribution in [2.75, 3.05) is 0 Å². The van der Waals surface area contributed by atoms with Crippen LogP contribution in [0.3, 0.4) is 0 Å². The van der Waals surface area contributed by atoms with Gasteiger partial charge in [-0.05, 0) is 0 Å². The van der Waals surface area contributed by atoms with Crippen LogP contribution in [-0.4, -0.2) is 18.4 Å². The first kappa shape index (κ1) is 18.9. The third-order valence-electron chi connectivity index (χ3n) is 4.52. The van der Waals surface area contributed by atoms with Crippen LogP contribution in [0, 0.1) is 11.6 Å². The zero-order chi connectivity index (χ0) is 15.7. The number of benzene rings is 1. The number of hydrogen-bond acceptors (Lipinski definition) is 0. The average Bonchev–Trinajstić information content (AvgIpc) is 2.48. The van der Waals surface area contributed by atoms with Crippen molar-refractivity contribution in [1.29, 1.82) is 0 Å². The molecule has 0 unspecified atom stereocenters. The van der Waals surface area contributed by atoms with E-state index in [9.17, 15) is 8.78 Å². The minimum atomic E-state index is -2.97. The molecule has 120 valence electrons. The molecule has 0 bridgehead atoms. The van der Waals surface area contributed by atoms with E-state index < -0.39 is 18.4 Å². The Morgan fingerprint density at radius 3 is 1.48 bits per heavy atom. The summed E-state index contributed by atoms with van der Waals surface area (Å²) in [6.45, 7) is 6.52. The summed E-state index contributed by atoms with van der Waals surface area (Å²) in [6, 6.07) is 4.44. The Morgan fingerprint density at radius 2 is 1.14 bits per heavy atom. The molecule has 0 amide bonds. The maximum absolute atomic E-state index is 14.4. The van der Waals surface area contributed by atoms with Gasteiger partial charge in [-0.15, -0.1) is 0 Å². The van der Waals surface area contributed by atoms with Crippen LogP contribution in [0.5, 0.6) is 0 Å². The standard InChI is InChI=1S/C6H3F2.3C4H9.Sn/c7-5-2-1-3-6(8)4-5;3*1-3-4-2;/h1-3H;3*1,3-4H2,2H3;. The fourth-order valence-electron chi connectivity index (χ4n) is 3.30. The van der Waals surface area contributed by atoms with E-state index in [1.165, 1.54) is 18.2 Å². The van der Waals surface area contributed by atoms with Gasteiger partial charge >= 0.3 is 133 Å². The molecule has 0 aliphatic rings. The van der Waals surface area contributed by atoms with E-state index in [-0.39, 0.29) is 11.6 Å². The second kappa shape index (κ2) is 9.81. The Balaban J connectivity index is 3.23. The normalized spacial score (nSPS) is 11.9. The van der Waals surface area contributed by atoms with Crippen molar-refractivity contribution in [3.63, 3.8) is 0 Å². The van der Waals surface area contributed by atoms with E-state index in [0.29, 0.717) is 3.58 Å². The van der Waals surface area contributed by atoms with Gasteiger partial charge in [0.25, 0.3) is 0 Å². The molecule has 0 saturated carbocycles. The van der Waals surface area contributed by atoms with Crippen molar-refractivity contribution in [2.45, 2.75) is 72.6 Å². The number of hydrogen-bond donors (Lipinski definition) is 0. The van der Waals surface area contributed by atoms with E-state index in [0.717, 1.165) is 51.8 Å².